The van der Waals surface area contributed by atoms with Crippen LogP contribution in [0.5, 0.6) is 0 Å². The molecular formula is C22H12F6N2OS2. The van der Waals surface area contributed by atoms with E-state index in [1.807, 2.05) is 0 Å². The van der Waals surface area contributed by atoms with E-state index in [4.69, 9.17) is 0 Å². The average molecular weight is 498 g/mol. The van der Waals surface area contributed by atoms with Gasteiger partial charge in [0.05, 0.1) is 22.6 Å². The van der Waals surface area contributed by atoms with E-state index in [-0.39, 0.29) is 44.3 Å². The Balaban J connectivity index is 1.97. The monoisotopic (exact) mass is 498 g/mol. The van der Waals surface area contributed by atoms with Gasteiger partial charge in [-0.2, -0.15) is 27.2 Å². The smallest absolute Gasteiger partial charge is 0.293 e. The lowest BCUT2D eigenvalue weighted by molar-refractivity contribution is -0.138. The molecule has 0 amide bonds. The lowest BCUT2D eigenvalue weighted by atomic mass is 10.1. The van der Waals surface area contributed by atoms with Gasteiger partial charge < -0.3 is 0 Å². The second-order valence-electron chi connectivity index (χ2n) is 6.47. The van der Waals surface area contributed by atoms with E-state index in [1.165, 1.54) is 42.5 Å². The number of ketones is 1. The van der Waals surface area contributed by atoms with Crippen molar-refractivity contribution >= 4 is 29.3 Å². The number of thioether (sulfide) groups is 2. The van der Waals surface area contributed by atoms with E-state index in [9.17, 15) is 36.4 Å². The lowest BCUT2D eigenvalue weighted by Crippen LogP contribution is -2.11. The van der Waals surface area contributed by atoms with Crippen LogP contribution < -0.4 is 0 Å². The molecule has 1 heterocycles. The summed E-state index contributed by atoms with van der Waals surface area (Å²) >= 11 is 0.936. The van der Waals surface area contributed by atoms with Gasteiger partial charge in [-0.15, -0.1) is 0 Å². The summed E-state index contributed by atoms with van der Waals surface area (Å²) in [5.41, 5.74) is -1.71. The van der Waals surface area contributed by atoms with Gasteiger partial charge in [-0.25, -0.2) is 9.37 Å². The molecule has 33 heavy (non-hydrogen) atoms. The largest absolute Gasteiger partial charge is 0.417 e. The molecule has 0 saturated carbocycles. The quantitative estimate of drug-likeness (QED) is 0.198. The maximum atomic E-state index is 13.6. The molecule has 0 saturated heterocycles. The van der Waals surface area contributed by atoms with Crippen molar-refractivity contribution in [1.29, 1.82) is 5.26 Å². The number of benzene rings is 2. The third kappa shape index (κ3) is 6.30. The summed E-state index contributed by atoms with van der Waals surface area (Å²) in [6.07, 6.45) is -4.87. The van der Waals surface area contributed by atoms with Crippen molar-refractivity contribution in [2.24, 2.45) is 0 Å². The van der Waals surface area contributed by atoms with Gasteiger partial charge in [-0.1, -0.05) is 35.7 Å². The first-order valence-electron chi connectivity index (χ1n) is 9.07. The topological polar surface area (TPSA) is 53.8 Å². The zero-order valence-corrected chi connectivity index (χ0v) is 18.0. The van der Waals surface area contributed by atoms with Crippen molar-refractivity contribution in [2.75, 3.05) is 5.75 Å². The number of pyridine rings is 1. The molecule has 3 nitrogen and oxygen atoms in total. The molecule has 0 atom stereocenters. The Morgan fingerprint density at radius 2 is 1.70 bits per heavy atom. The van der Waals surface area contributed by atoms with Gasteiger partial charge in [0.2, 0.25) is 0 Å². The third-order valence-corrected chi connectivity index (χ3v) is 5.98. The zero-order valence-electron chi connectivity index (χ0n) is 16.4. The van der Waals surface area contributed by atoms with Crippen molar-refractivity contribution in [1.82, 2.24) is 4.98 Å². The van der Waals surface area contributed by atoms with Crippen LogP contribution in [0.4, 0.5) is 26.3 Å². The first-order chi connectivity index (χ1) is 15.6. The highest BCUT2D eigenvalue weighted by molar-refractivity contribution is 8.00. The standard InChI is InChI=1S/C22H12F6N2OS2/c23-14-5-1-13(2-6-14)19(31)11-32-20-16(10-29)17(22(26,27)28)9-18(30-20)12-3-7-15(8-4-12)33-21(24)25/h1-9,21H,11H2. The zero-order chi connectivity index (χ0) is 24.2. The summed E-state index contributed by atoms with van der Waals surface area (Å²) in [6.45, 7) is 0. The van der Waals surface area contributed by atoms with E-state index in [1.54, 1.807) is 0 Å². The van der Waals surface area contributed by atoms with Gasteiger partial charge in [0.25, 0.3) is 5.76 Å². The number of carbonyl (C=O) groups is 1. The molecule has 0 aliphatic carbocycles. The summed E-state index contributed by atoms with van der Waals surface area (Å²) in [4.78, 5) is 16.7. The van der Waals surface area contributed by atoms with Crippen molar-refractivity contribution in [2.45, 2.75) is 21.9 Å². The average Bonchev–Trinajstić information content (AvgIpc) is 2.76. The van der Waals surface area contributed by atoms with Gasteiger partial charge in [-0.05, 0) is 42.5 Å². The predicted molar refractivity (Wildman–Crippen MR) is 113 cm³/mol. The Labute approximate surface area is 192 Å². The normalized spacial score (nSPS) is 11.5. The Hall–Kier alpha value is -2.97. The fourth-order valence-corrected chi connectivity index (χ4v) is 4.16. The van der Waals surface area contributed by atoms with Crippen LogP contribution in [-0.4, -0.2) is 22.3 Å². The molecule has 1 aromatic heterocycles. The Morgan fingerprint density at radius 1 is 1.06 bits per heavy atom. The number of nitrogens with zero attached hydrogens (tertiary/aromatic N) is 2. The Kier molecular flexibility index (Phi) is 7.71. The number of nitriles is 1. The lowest BCUT2D eigenvalue weighted by Gasteiger charge is -2.14. The minimum atomic E-state index is -4.87. The van der Waals surface area contributed by atoms with Crippen molar-refractivity contribution in [3.8, 4) is 17.3 Å². The minimum Gasteiger partial charge on any atom is -0.293 e. The van der Waals surface area contributed by atoms with E-state index in [2.05, 4.69) is 4.98 Å². The van der Waals surface area contributed by atoms with Crippen LogP contribution in [0, 0.1) is 17.1 Å². The number of carbonyl (C=O) groups excluding carboxylic acids is 1. The number of hydrogen-bond donors (Lipinski definition) is 0. The fourth-order valence-electron chi connectivity index (χ4n) is 2.77. The van der Waals surface area contributed by atoms with Crippen molar-refractivity contribution in [3.05, 3.63) is 77.1 Å². The summed E-state index contributed by atoms with van der Waals surface area (Å²) < 4.78 is 79.0. The molecule has 0 fully saturated rings. The maximum absolute atomic E-state index is 13.6. The molecular weight excluding hydrogens is 486 g/mol. The molecule has 0 aliphatic heterocycles. The molecule has 0 aliphatic rings. The second kappa shape index (κ2) is 10.3. The highest BCUT2D eigenvalue weighted by Crippen LogP contribution is 2.38. The van der Waals surface area contributed by atoms with Gasteiger partial charge >= 0.3 is 6.18 Å². The van der Waals surface area contributed by atoms with E-state index in [0.717, 1.165) is 12.1 Å². The third-order valence-electron chi connectivity index (χ3n) is 4.28. The number of Topliss-reactive ketones (excluding diaryl/α,β-unsaturated/α-hetero) is 1. The molecule has 0 N–H and O–H groups in total. The molecule has 170 valence electrons. The summed E-state index contributed by atoms with van der Waals surface area (Å²) in [5.74, 6) is -4.02. The molecule has 3 aromatic rings. The summed E-state index contributed by atoms with van der Waals surface area (Å²) in [7, 11) is 0. The van der Waals surface area contributed by atoms with E-state index >= 15 is 0 Å². The Morgan fingerprint density at radius 3 is 2.24 bits per heavy atom. The minimum absolute atomic E-state index is 0.133. The van der Waals surface area contributed by atoms with Crippen LogP contribution >= 0.6 is 23.5 Å². The molecule has 3 rings (SSSR count). The molecule has 0 bridgehead atoms. The van der Waals surface area contributed by atoms with Gasteiger partial charge in [-0.3, -0.25) is 4.79 Å². The molecule has 0 unspecified atom stereocenters. The number of hydrogen-bond acceptors (Lipinski definition) is 5. The van der Waals surface area contributed by atoms with Crippen molar-refractivity contribution < 1.29 is 31.1 Å². The first kappa shape index (κ1) is 24.7. The van der Waals surface area contributed by atoms with E-state index in [0.29, 0.717) is 17.8 Å². The van der Waals surface area contributed by atoms with E-state index < -0.39 is 34.7 Å². The number of rotatable bonds is 7. The first-order valence-corrected chi connectivity index (χ1v) is 10.9. The van der Waals surface area contributed by atoms with Crippen LogP contribution in [0.15, 0.2) is 64.5 Å². The van der Waals surface area contributed by atoms with Crippen molar-refractivity contribution in [3.63, 3.8) is 0 Å². The SMILES string of the molecule is N#Cc1c(C(F)(F)F)cc(-c2ccc(SC(F)F)cc2)nc1SCC(=O)c1ccc(F)cc1. The Bertz CT molecular complexity index is 1190. The predicted octanol–water partition coefficient (Wildman–Crippen LogP) is 7.07. The maximum Gasteiger partial charge on any atom is 0.417 e. The summed E-state index contributed by atoms with van der Waals surface area (Å²) in [6, 6.07) is 12.2. The molecule has 11 heteroatoms. The van der Waals surface area contributed by atoms with Crippen LogP contribution in [0.2, 0.25) is 0 Å². The molecule has 2 aromatic carbocycles. The van der Waals surface area contributed by atoms with Crippen LogP contribution in [0.3, 0.4) is 0 Å². The number of halogens is 6. The highest BCUT2D eigenvalue weighted by atomic mass is 32.2. The number of aromatic nitrogens is 1. The molecule has 0 spiro atoms. The highest BCUT2D eigenvalue weighted by Gasteiger charge is 2.36. The molecule has 0 radical (unpaired) electrons. The van der Waals surface area contributed by atoms with Crippen LogP contribution in [0.1, 0.15) is 21.5 Å². The second-order valence-corrected chi connectivity index (χ2v) is 8.49. The van der Waals surface area contributed by atoms with Gasteiger partial charge in [0, 0.05) is 16.0 Å². The van der Waals surface area contributed by atoms with Gasteiger partial charge in [0.1, 0.15) is 16.9 Å². The van der Waals surface area contributed by atoms with Crippen LogP contribution in [-0.2, 0) is 6.18 Å². The summed E-state index contributed by atoms with van der Waals surface area (Å²) in [5, 5.41) is 9.05. The van der Waals surface area contributed by atoms with Gasteiger partial charge in [0.15, 0.2) is 5.78 Å². The fraction of sp³-hybridized carbons (Fsp3) is 0.136. The number of alkyl halides is 5. The van der Waals surface area contributed by atoms with Crippen LogP contribution in [0.25, 0.3) is 11.3 Å².